The van der Waals surface area contributed by atoms with Gasteiger partial charge in [0, 0.05) is 6.00 Å². The summed E-state index contributed by atoms with van der Waals surface area (Å²) in [4.78, 5) is 0. The van der Waals surface area contributed by atoms with Crippen molar-refractivity contribution >= 4 is 40.2 Å². The molecule has 4 aromatic rings. The van der Waals surface area contributed by atoms with Crippen LogP contribution in [0.1, 0.15) is 31.9 Å². The van der Waals surface area contributed by atoms with E-state index >= 15 is 0 Å². The van der Waals surface area contributed by atoms with Gasteiger partial charge in [0.25, 0.3) is 0 Å². The van der Waals surface area contributed by atoms with Crippen molar-refractivity contribution in [2.24, 2.45) is 5.41 Å². The first-order valence-corrected chi connectivity index (χ1v) is 11.3. The van der Waals surface area contributed by atoms with Crippen LogP contribution < -0.4 is 0 Å². The van der Waals surface area contributed by atoms with Gasteiger partial charge in [0.05, 0.1) is 13.2 Å². The summed E-state index contributed by atoms with van der Waals surface area (Å²) in [7, 11) is 5.97. The van der Waals surface area contributed by atoms with Gasteiger partial charge in [-0.1, -0.05) is 69.3 Å². The fourth-order valence-corrected chi connectivity index (χ4v) is 5.08. The molecule has 4 atom stereocenters. The summed E-state index contributed by atoms with van der Waals surface area (Å²) in [6.45, 7) is 6.82. The standard InChI is InChI=1S/C27H29BO4.Rf/c1-27(2,3)12-15-10-17-6-4-16-5-7-19(20-9-8-18(11-15)22(17)23(16)20)14-31-25-24(30)21(13-29)32-26(25)28;/h4-11,21,24-26,29-30H,12-14H2,1-3H3;. The van der Waals surface area contributed by atoms with Gasteiger partial charge in [0.15, 0.2) is 0 Å². The Bertz CT molecular complexity index is 1250. The number of hydrogen-bond acceptors (Lipinski definition) is 4. The number of benzene rings is 4. The predicted octanol–water partition coefficient (Wildman–Crippen LogP) is 4.30. The molecule has 1 saturated heterocycles. The molecule has 4 nitrogen and oxygen atoms in total. The zero-order valence-electron chi connectivity index (χ0n) is 19.5. The minimum Gasteiger partial charge on any atom is -0.394 e. The third-order valence-electron chi connectivity index (χ3n) is 6.47. The minimum atomic E-state index is -0.948. The Morgan fingerprint density at radius 1 is 0.970 bits per heavy atom. The van der Waals surface area contributed by atoms with Gasteiger partial charge in [-0.25, -0.2) is 0 Å². The van der Waals surface area contributed by atoms with Crippen LogP contribution in [-0.4, -0.2) is 49.0 Å². The molecule has 1 fully saturated rings. The van der Waals surface area contributed by atoms with E-state index in [0.717, 1.165) is 17.4 Å². The average molecular weight is 695 g/mol. The summed E-state index contributed by atoms with van der Waals surface area (Å²) in [5, 5.41) is 27.1. The maximum Gasteiger partial charge on any atom is 0.112 e. The van der Waals surface area contributed by atoms with Crippen molar-refractivity contribution in [2.45, 2.75) is 58.1 Å². The van der Waals surface area contributed by atoms with Gasteiger partial charge in [-0.15, -0.1) is 0 Å². The first kappa shape index (κ1) is 23.0. The molecule has 1 heterocycles. The first-order chi connectivity index (χ1) is 15.2. The molecule has 4 aromatic carbocycles. The maximum atomic E-state index is 10.3. The van der Waals surface area contributed by atoms with Crippen LogP contribution in [0.4, 0.5) is 0 Å². The molecule has 0 aliphatic carbocycles. The summed E-state index contributed by atoms with van der Waals surface area (Å²) >= 11 is 0. The van der Waals surface area contributed by atoms with Gasteiger partial charge < -0.3 is 19.7 Å². The van der Waals surface area contributed by atoms with E-state index in [1.54, 1.807) is 0 Å². The first-order valence-electron chi connectivity index (χ1n) is 11.3. The number of ether oxygens (including phenoxy) is 2. The Balaban J connectivity index is 0.00000259. The van der Waals surface area contributed by atoms with Gasteiger partial charge in [0.2, 0.25) is 0 Å². The fourth-order valence-electron chi connectivity index (χ4n) is 5.08. The molecular formula is C27H29BO4Rf. The summed E-state index contributed by atoms with van der Waals surface area (Å²) in [6.07, 6.45) is -1.30. The van der Waals surface area contributed by atoms with Crippen LogP contribution in [0, 0.1) is 5.41 Å². The molecule has 0 aromatic heterocycles. The molecule has 2 radical (unpaired) electrons. The average Bonchev–Trinajstić information content (AvgIpc) is 3.02. The van der Waals surface area contributed by atoms with Crippen molar-refractivity contribution in [2.75, 3.05) is 6.61 Å². The van der Waals surface area contributed by atoms with Crippen molar-refractivity contribution in [3.63, 3.8) is 0 Å². The van der Waals surface area contributed by atoms with Crippen LogP contribution in [0.2, 0.25) is 0 Å². The molecule has 0 spiro atoms. The summed E-state index contributed by atoms with van der Waals surface area (Å²) < 4.78 is 11.4. The second-order valence-corrected chi connectivity index (χ2v) is 10.2. The summed E-state index contributed by atoms with van der Waals surface area (Å²) in [6, 6.07) is 16.8. The zero-order valence-corrected chi connectivity index (χ0v) is 25.9. The topological polar surface area (TPSA) is 58.9 Å². The largest absolute Gasteiger partial charge is 0.394 e. The van der Waals surface area contributed by atoms with Crippen molar-refractivity contribution in [3.05, 3.63) is 59.7 Å². The smallest absolute Gasteiger partial charge is 0.112 e. The van der Waals surface area contributed by atoms with Gasteiger partial charge in [0.1, 0.15) is 26.2 Å². The predicted molar refractivity (Wildman–Crippen MR) is 129 cm³/mol. The van der Waals surface area contributed by atoms with E-state index in [1.165, 1.54) is 32.5 Å². The van der Waals surface area contributed by atoms with Crippen molar-refractivity contribution in [3.8, 4) is 0 Å². The number of aliphatic hydroxyl groups excluding tert-OH is 2. The van der Waals surface area contributed by atoms with Crippen molar-refractivity contribution < 1.29 is 19.7 Å². The van der Waals surface area contributed by atoms with Crippen LogP contribution in [0.5, 0.6) is 0 Å². The molecule has 0 bridgehead atoms. The van der Waals surface area contributed by atoms with E-state index in [-0.39, 0.29) is 12.0 Å². The molecular weight excluding hydrogens is 666 g/mol. The van der Waals surface area contributed by atoms with Crippen molar-refractivity contribution in [1.29, 1.82) is 0 Å². The third-order valence-corrected chi connectivity index (χ3v) is 6.47. The zero-order chi connectivity index (χ0) is 22.6. The maximum absolute atomic E-state index is 10.3. The van der Waals surface area contributed by atoms with Crippen LogP contribution in [0.15, 0.2) is 48.5 Å². The normalized spacial score (nSPS) is 23.5. The van der Waals surface area contributed by atoms with E-state index in [2.05, 4.69) is 69.3 Å². The molecule has 5 rings (SSSR count). The van der Waals surface area contributed by atoms with E-state index in [1.807, 2.05) is 0 Å². The Morgan fingerprint density at radius 3 is 2.24 bits per heavy atom. The Morgan fingerprint density at radius 2 is 1.61 bits per heavy atom. The minimum absolute atomic E-state index is 0. The van der Waals surface area contributed by atoms with Gasteiger partial charge in [-0.05, 0) is 55.3 Å². The van der Waals surface area contributed by atoms with E-state index < -0.39 is 24.3 Å². The van der Waals surface area contributed by atoms with Crippen molar-refractivity contribution in [1.82, 2.24) is 0 Å². The van der Waals surface area contributed by atoms with Gasteiger partial charge in [-0.2, -0.15) is 0 Å². The van der Waals surface area contributed by atoms with Crippen LogP contribution >= 0.6 is 0 Å². The molecule has 6 heteroatoms. The second-order valence-electron chi connectivity index (χ2n) is 10.2. The molecule has 0 saturated carbocycles. The quantitative estimate of drug-likeness (QED) is 0.242. The number of rotatable bonds is 5. The molecule has 0 amide bonds. The van der Waals surface area contributed by atoms with Crippen LogP contribution in [0.3, 0.4) is 0 Å². The molecule has 4 unspecified atom stereocenters. The monoisotopic (exact) mass is 695 g/mol. The second kappa shape index (κ2) is 8.31. The van der Waals surface area contributed by atoms with E-state index in [0.29, 0.717) is 6.61 Å². The van der Waals surface area contributed by atoms with Crippen LogP contribution in [0.25, 0.3) is 32.3 Å². The van der Waals surface area contributed by atoms with E-state index in [4.69, 9.17) is 17.3 Å². The molecule has 1 aliphatic rings. The number of hydrogen-bond donors (Lipinski definition) is 2. The van der Waals surface area contributed by atoms with E-state index in [9.17, 15) is 10.2 Å². The SMILES string of the molecule is [B]C1OC(CO)C(O)C1OCc1ccc2ccc3cc(CC(C)(C)C)cc4ccc1c2c34.[Rf]. The fraction of sp³-hybridized carbons (Fsp3) is 0.407. The Hall–Kier alpha value is -3.18. The number of aliphatic hydroxyl groups is 2. The van der Waals surface area contributed by atoms with Crippen LogP contribution in [-0.2, 0) is 22.5 Å². The molecule has 1 aliphatic heterocycles. The molecule has 166 valence electrons. The molecule has 33 heavy (non-hydrogen) atoms. The molecule has 2 N–H and O–H groups in total. The Kier molecular flexibility index (Phi) is 5.79. The Labute approximate surface area is 189 Å². The summed E-state index contributed by atoms with van der Waals surface area (Å²) in [5.41, 5.74) is 2.63. The summed E-state index contributed by atoms with van der Waals surface area (Å²) in [5.74, 6) is 0. The third kappa shape index (κ3) is 4.02. The van der Waals surface area contributed by atoms with Gasteiger partial charge >= 0.3 is 0 Å². The van der Waals surface area contributed by atoms with Gasteiger partial charge in [-0.3, -0.25) is 0 Å².